The van der Waals surface area contributed by atoms with Gasteiger partial charge in [0.2, 0.25) is 20.0 Å². The second kappa shape index (κ2) is 18.1. The lowest BCUT2D eigenvalue weighted by Crippen LogP contribution is -2.32. The van der Waals surface area contributed by atoms with Crippen LogP contribution in [0.1, 0.15) is 46.0 Å². The topological polar surface area (TPSA) is 170 Å². The van der Waals surface area contributed by atoms with Crippen molar-refractivity contribution < 1.29 is 31.2 Å². The highest BCUT2D eigenvalue weighted by atomic mass is 35.5. The Kier molecular flexibility index (Phi) is 14.8. The van der Waals surface area contributed by atoms with Crippen molar-refractivity contribution in [1.29, 1.82) is 0 Å². The van der Waals surface area contributed by atoms with Gasteiger partial charge in [0.15, 0.2) is 5.78 Å². The van der Waals surface area contributed by atoms with Crippen molar-refractivity contribution in [2.75, 3.05) is 33.8 Å². The Morgan fingerprint density at radius 1 is 0.680 bits per heavy atom. The molecule has 12 nitrogen and oxygen atoms in total. The summed E-state index contributed by atoms with van der Waals surface area (Å²) >= 11 is 24.0. The van der Waals surface area contributed by atoms with Crippen LogP contribution in [-0.2, 0) is 37.9 Å². The fourth-order valence-electron chi connectivity index (χ4n) is 4.23. The lowest BCUT2D eigenvalue weighted by molar-refractivity contribution is 0.0600. The van der Waals surface area contributed by atoms with Crippen molar-refractivity contribution in [2.45, 2.75) is 26.9 Å². The Morgan fingerprint density at radius 2 is 1.06 bits per heavy atom. The number of carbonyl (C=O) groups is 2. The zero-order chi connectivity index (χ0) is 37.2. The summed E-state index contributed by atoms with van der Waals surface area (Å²) in [6.45, 7) is 2.95. The number of benzene rings is 2. The molecule has 0 saturated heterocycles. The van der Waals surface area contributed by atoms with Gasteiger partial charge in [-0.2, -0.15) is 0 Å². The van der Waals surface area contributed by atoms with Crippen LogP contribution >= 0.6 is 46.4 Å². The molecule has 2 aromatic heterocycles. The molecule has 0 aliphatic carbocycles. The number of ether oxygens (including phenoxy) is 1. The molecule has 0 saturated carbocycles. The van der Waals surface area contributed by atoms with E-state index in [1.54, 1.807) is 32.0 Å². The van der Waals surface area contributed by atoms with Gasteiger partial charge in [-0.25, -0.2) is 21.6 Å². The number of carbonyl (C=O) groups excluding carboxylic acids is 2. The second-order valence-corrected chi connectivity index (χ2v) is 16.4. The second-order valence-electron chi connectivity index (χ2n) is 10.3. The largest absolute Gasteiger partial charge is 0.465 e. The van der Waals surface area contributed by atoms with E-state index in [1.165, 1.54) is 70.6 Å². The first-order chi connectivity index (χ1) is 23.5. The lowest BCUT2D eigenvalue weighted by Gasteiger charge is -2.24. The standard InChI is InChI=1S/C16H17Cl2N3O3S.C16H16Cl2N2O4S/c1-2-25(23,24)21(15-6-12(17)5-13(18)7-15)10-14-4-3-11(9-20-14)16(22)8-19;1-3-25(22,23)20(15-7-12(17)6-13(18)8-15)10-14-5-4-11(9-19-14)16(21)24-2/h3-7,9H,2,8,10,19H2,1H3;4-9H,3,10H2,1-2H3. The molecule has 268 valence electrons. The van der Waals surface area contributed by atoms with E-state index in [4.69, 9.17) is 52.1 Å². The zero-order valence-electron chi connectivity index (χ0n) is 27.0. The fourth-order valence-corrected chi connectivity index (χ4v) is 7.39. The maximum atomic E-state index is 12.5. The van der Waals surface area contributed by atoms with Gasteiger partial charge in [-0.05, 0) is 74.5 Å². The van der Waals surface area contributed by atoms with Crippen molar-refractivity contribution >= 4 is 89.6 Å². The molecule has 0 bridgehead atoms. The average molecular weight is 806 g/mol. The van der Waals surface area contributed by atoms with Crippen molar-refractivity contribution in [1.82, 2.24) is 9.97 Å². The van der Waals surface area contributed by atoms with Crippen LogP contribution in [0.5, 0.6) is 0 Å². The molecule has 0 aliphatic heterocycles. The molecule has 2 N–H and O–H groups in total. The lowest BCUT2D eigenvalue weighted by atomic mass is 10.2. The van der Waals surface area contributed by atoms with Gasteiger partial charge in [0.1, 0.15) is 0 Å². The summed E-state index contributed by atoms with van der Waals surface area (Å²) in [6, 6.07) is 15.4. The molecule has 0 radical (unpaired) electrons. The molecule has 2 aromatic carbocycles. The van der Waals surface area contributed by atoms with E-state index in [0.717, 1.165) is 0 Å². The van der Waals surface area contributed by atoms with Gasteiger partial charge in [-0.15, -0.1) is 0 Å². The Labute approximate surface area is 311 Å². The predicted molar refractivity (Wildman–Crippen MR) is 197 cm³/mol. The molecule has 0 unspecified atom stereocenters. The molecule has 50 heavy (non-hydrogen) atoms. The molecule has 18 heteroatoms. The first-order valence-electron chi connectivity index (χ1n) is 14.7. The number of hydrogen-bond donors (Lipinski definition) is 1. The Balaban J connectivity index is 0.000000270. The van der Waals surface area contributed by atoms with Crippen LogP contribution < -0.4 is 14.3 Å². The van der Waals surface area contributed by atoms with Crippen LogP contribution in [0.15, 0.2) is 73.1 Å². The first kappa shape index (κ1) is 40.9. The van der Waals surface area contributed by atoms with Crippen LogP contribution in [0, 0.1) is 0 Å². The number of methoxy groups -OCH3 is 1. The van der Waals surface area contributed by atoms with Gasteiger partial charge >= 0.3 is 5.97 Å². The number of sulfonamides is 2. The van der Waals surface area contributed by atoms with Crippen LogP contribution in [0.4, 0.5) is 11.4 Å². The quantitative estimate of drug-likeness (QED) is 0.118. The molecule has 0 spiro atoms. The molecule has 2 heterocycles. The van der Waals surface area contributed by atoms with Gasteiger partial charge in [0.05, 0.1) is 66.6 Å². The molecule has 0 fully saturated rings. The van der Waals surface area contributed by atoms with Crippen molar-refractivity contribution in [3.63, 3.8) is 0 Å². The number of aromatic nitrogens is 2. The van der Waals surface area contributed by atoms with E-state index in [9.17, 15) is 26.4 Å². The van der Waals surface area contributed by atoms with Gasteiger partial charge in [-0.3, -0.25) is 23.4 Å². The van der Waals surface area contributed by atoms with E-state index in [1.807, 2.05) is 0 Å². The van der Waals surface area contributed by atoms with Crippen LogP contribution in [0.3, 0.4) is 0 Å². The number of pyridine rings is 2. The molecule has 0 atom stereocenters. The minimum Gasteiger partial charge on any atom is -0.465 e. The summed E-state index contributed by atoms with van der Waals surface area (Å²) in [4.78, 5) is 31.3. The van der Waals surface area contributed by atoms with Crippen molar-refractivity contribution in [3.05, 3.63) is 116 Å². The highest BCUT2D eigenvalue weighted by Crippen LogP contribution is 2.30. The third-order valence-corrected chi connectivity index (χ3v) is 11.2. The summed E-state index contributed by atoms with van der Waals surface area (Å²) in [5.41, 5.74) is 7.60. The highest BCUT2D eigenvalue weighted by molar-refractivity contribution is 7.93. The van der Waals surface area contributed by atoms with Crippen LogP contribution in [0.2, 0.25) is 20.1 Å². The molecule has 0 amide bonds. The van der Waals surface area contributed by atoms with Gasteiger partial charge in [0.25, 0.3) is 0 Å². The summed E-state index contributed by atoms with van der Waals surface area (Å²) in [6.07, 6.45) is 2.72. The molecular formula is C32H33Cl4N5O7S2. The minimum atomic E-state index is -3.59. The Morgan fingerprint density at radius 3 is 1.36 bits per heavy atom. The average Bonchev–Trinajstić information content (AvgIpc) is 3.08. The number of esters is 1. The third-order valence-electron chi connectivity index (χ3n) is 6.86. The number of hydrogen-bond acceptors (Lipinski definition) is 10. The maximum Gasteiger partial charge on any atom is 0.339 e. The number of ketones is 1. The molecule has 0 aliphatic rings. The molecular weight excluding hydrogens is 772 g/mol. The van der Waals surface area contributed by atoms with Gasteiger partial charge < -0.3 is 10.5 Å². The zero-order valence-corrected chi connectivity index (χ0v) is 31.7. The fraction of sp³-hybridized carbons (Fsp3) is 0.250. The van der Waals surface area contributed by atoms with E-state index in [0.29, 0.717) is 48.4 Å². The monoisotopic (exact) mass is 803 g/mol. The van der Waals surface area contributed by atoms with E-state index < -0.39 is 26.0 Å². The third kappa shape index (κ3) is 11.3. The smallest absolute Gasteiger partial charge is 0.339 e. The summed E-state index contributed by atoms with van der Waals surface area (Å²) in [5, 5.41) is 1.31. The Hall–Kier alpha value is -3.50. The number of halogens is 4. The summed E-state index contributed by atoms with van der Waals surface area (Å²) in [5.74, 6) is -0.949. The number of rotatable bonds is 13. The van der Waals surface area contributed by atoms with E-state index in [-0.39, 0.29) is 42.5 Å². The number of Topliss-reactive ketones (excluding diaryl/α,β-unsaturated/α-hetero) is 1. The summed E-state index contributed by atoms with van der Waals surface area (Å²) < 4.78 is 56.9. The predicted octanol–water partition coefficient (Wildman–Crippen LogP) is 6.42. The van der Waals surface area contributed by atoms with Crippen LogP contribution in [0.25, 0.3) is 0 Å². The Bertz CT molecular complexity index is 1850. The molecule has 4 rings (SSSR count). The maximum absolute atomic E-state index is 12.5. The first-order valence-corrected chi connectivity index (χ1v) is 19.4. The number of nitrogens with zero attached hydrogens (tertiary/aromatic N) is 4. The van der Waals surface area contributed by atoms with Gasteiger partial charge in [0, 0.05) is 38.0 Å². The van der Waals surface area contributed by atoms with Crippen molar-refractivity contribution in [3.8, 4) is 0 Å². The van der Waals surface area contributed by atoms with Gasteiger partial charge in [-0.1, -0.05) is 46.4 Å². The molecule has 4 aromatic rings. The minimum absolute atomic E-state index is 0.00998. The van der Waals surface area contributed by atoms with Crippen molar-refractivity contribution in [2.24, 2.45) is 5.73 Å². The number of nitrogens with two attached hydrogens (primary N) is 1. The van der Waals surface area contributed by atoms with E-state index >= 15 is 0 Å². The normalized spacial score (nSPS) is 11.3. The number of anilines is 2. The highest BCUT2D eigenvalue weighted by Gasteiger charge is 2.24. The van der Waals surface area contributed by atoms with E-state index in [2.05, 4.69) is 14.7 Å². The van der Waals surface area contributed by atoms with Crippen LogP contribution in [-0.4, -0.2) is 63.7 Å². The summed E-state index contributed by atoms with van der Waals surface area (Å²) in [7, 11) is -5.91. The SMILES string of the molecule is CCS(=O)(=O)N(Cc1ccc(C(=O)CN)cn1)c1cc(Cl)cc(Cl)c1.CCS(=O)(=O)N(Cc1ccc(C(=O)OC)cn1)c1cc(Cl)cc(Cl)c1.